The molecular formula is C21H31NO5. The lowest BCUT2D eigenvalue weighted by atomic mass is 10.0. The van der Waals surface area contributed by atoms with Gasteiger partial charge in [-0.25, -0.2) is 0 Å². The fourth-order valence-electron chi connectivity index (χ4n) is 3.31. The molecule has 1 aliphatic rings. The molecule has 1 aliphatic carbocycles. The highest BCUT2D eigenvalue weighted by Gasteiger charge is 2.34. The molecule has 1 unspecified atom stereocenters. The number of carbonyl (C=O) groups excluding carboxylic acids is 1. The summed E-state index contributed by atoms with van der Waals surface area (Å²) in [6, 6.07) is 5.55. The van der Waals surface area contributed by atoms with E-state index in [1.165, 1.54) is 0 Å². The number of nitrogens with one attached hydrogen (secondary N) is 1. The van der Waals surface area contributed by atoms with Gasteiger partial charge in [0.05, 0.1) is 25.2 Å². The van der Waals surface area contributed by atoms with E-state index in [4.69, 9.17) is 14.6 Å². The van der Waals surface area contributed by atoms with E-state index in [1.54, 1.807) is 0 Å². The number of aliphatic carboxylic acids is 1. The van der Waals surface area contributed by atoms with E-state index in [0.29, 0.717) is 44.0 Å². The molecular weight excluding hydrogens is 346 g/mol. The first-order valence-corrected chi connectivity index (χ1v) is 9.88. The largest absolute Gasteiger partial charge is 0.490 e. The molecule has 1 amide bonds. The standard InChI is InChI=1S/C21H31NO5/c1-4-10-26-18-9-8-15(13-19(18)27-11-5-2)14(3)22-20(23)16-6-7-17(12-16)21(24)25/h8-9,13-14,16-17H,4-7,10-12H2,1-3H3,(H,22,23)(H,24,25)/t14?,16-,17+/m1/s1. The third kappa shape index (κ3) is 5.88. The summed E-state index contributed by atoms with van der Waals surface area (Å²) < 4.78 is 11.6. The Balaban J connectivity index is 2.03. The Kier molecular flexibility index (Phi) is 7.95. The van der Waals surface area contributed by atoms with Crippen LogP contribution in [0, 0.1) is 11.8 Å². The molecule has 6 nitrogen and oxygen atoms in total. The second-order valence-electron chi connectivity index (χ2n) is 7.18. The van der Waals surface area contributed by atoms with Gasteiger partial charge in [0.2, 0.25) is 5.91 Å². The summed E-state index contributed by atoms with van der Waals surface area (Å²) >= 11 is 0. The highest BCUT2D eigenvalue weighted by molar-refractivity contribution is 5.81. The van der Waals surface area contributed by atoms with E-state index in [2.05, 4.69) is 12.2 Å². The second kappa shape index (κ2) is 10.2. The fraction of sp³-hybridized carbons (Fsp3) is 0.619. The molecule has 2 N–H and O–H groups in total. The Morgan fingerprint density at radius 1 is 1.11 bits per heavy atom. The van der Waals surface area contributed by atoms with Crippen LogP contribution in [0.15, 0.2) is 18.2 Å². The van der Waals surface area contributed by atoms with Crippen molar-refractivity contribution in [3.05, 3.63) is 23.8 Å². The van der Waals surface area contributed by atoms with Gasteiger partial charge in [-0.15, -0.1) is 0 Å². The molecule has 150 valence electrons. The van der Waals surface area contributed by atoms with Crippen molar-refractivity contribution in [1.29, 1.82) is 0 Å². The van der Waals surface area contributed by atoms with Crippen LogP contribution in [0.1, 0.15) is 64.5 Å². The van der Waals surface area contributed by atoms with Crippen LogP contribution in [-0.2, 0) is 9.59 Å². The van der Waals surface area contributed by atoms with Crippen molar-refractivity contribution in [2.75, 3.05) is 13.2 Å². The van der Waals surface area contributed by atoms with Crippen molar-refractivity contribution in [3.8, 4) is 11.5 Å². The first-order valence-electron chi connectivity index (χ1n) is 9.88. The highest BCUT2D eigenvalue weighted by atomic mass is 16.5. The number of hydrogen-bond acceptors (Lipinski definition) is 4. The number of rotatable bonds is 10. The van der Waals surface area contributed by atoms with Crippen LogP contribution < -0.4 is 14.8 Å². The molecule has 0 spiro atoms. The SMILES string of the molecule is CCCOc1ccc(C(C)NC(=O)[C@@H]2CC[C@H](C(=O)O)C2)cc1OCCC. The van der Waals surface area contributed by atoms with Crippen LogP contribution in [0.4, 0.5) is 0 Å². The van der Waals surface area contributed by atoms with Crippen LogP contribution in [0.5, 0.6) is 11.5 Å². The lowest BCUT2D eigenvalue weighted by molar-refractivity contribution is -0.141. The number of benzene rings is 1. The summed E-state index contributed by atoms with van der Waals surface area (Å²) in [5.74, 6) is -0.104. The molecule has 1 aromatic rings. The lowest BCUT2D eigenvalue weighted by Crippen LogP contribution is -2.32. The Bertz CT molecular complexity index is 645. The maximum absolute atomic E-state index is 12.5. The van der Waals surface area contributed by atoms with Crippen molar-refractivity contribution in [2.45, 2.75) is 58.9 Å². The normalized spacial score (nSPS) is 20.1. The molecule has 0 bridgehead atoms. The number of hydrogen-bond donors (Lipinski definition) is 2. The van der Waals surface area contributed by atoms with E-state index in [0.717, 1.165) is 18.4 Å². The zero-order chi connectivity index (χ0) is 19.8. The summed E-state index contributed by atoms with van der Waals surface area (Å²) in [5.41, 5.74) is 0.936. The van der Waals surface area contributed by atoms with Crippen LogP contribution in [-0.4, -0.2) is 30.2 Å². The predicted octanol–water partition coefficient (Wildman–Crippen LogP) is 3.94. The van der Waals surface area contributed by atoms with Crippen LogP contribution in [0.3, 0.4) is 0 Å². The first-order chi connectivity index (χ1) is 13.0. The van der Waals surface area contributed by atoms with Gasteiger partial charge in [-0.1, -0.05) is 19.9 Å². The third-order valence-corrected chi connectivity index (χ3v) is 4.90. The van der Waals surface area contributed by atoms with E-state index in [-0.39, 0.29) is 17.9 Å². The van der Waals surface area contributed by atoms with Gasteiger partial charge in [0.15, 0.2) is 11.5 Å². The van der Waals surface area contributed by atoms with E-state index in [9.17, 15) is 9.59 Å². The maximum atomic E-state index is 12.5. The van der Waals surface area contributed by atoms with Gasteiger partial charge in [0, 0.05) is 5.92 Å². The molecule has 1 fully saturated rings. The van der Waals surface area contributed by atoms with Crippen LogP contribution in [0.25, 0.3) is 0 Å². The van der Waals surface area contributed by atoms with Gasteiger partial charge in [-0.05, 0) is 56.7 Å². The fourth-order valence-corrected chi connectivity index (χ4v) is 3.31. The van der Waals surface area contributed by atoms with E-state index >= 15 is 0 Å². The second-order valence-corrected chi connectivity index (χ2v) is 7.18. The number of amides is 1. The molecule has 1 aromatic carbocycles. The highest BCUT2D eigenvalue weighted by Crippen LogP contribution is 2.33. The molecule has 0 saturated heterocycles. The Hall–Kier alpha value is -2.24. The van der Waals surface area contributed by atoms with Crippen molar-refractivity contribution in [3.63, 3.8) is 0 Å². The van der Waals surface area contributed by atoms with Gasteiger partial charge >= 0.3 is 5.97 Å². The summed E-state index contributed by atoms with van der Waals surface area (Å²) in [6.45, 7) is 7.25. The molecule has 0 aliphatic heterocycles. The molecule has 2 rings (SSSR count). The molecule has 0 aromatic heterocycles. The zero-order valence-electron chi connectivity index (χ0n) is 16.5. The molecule has 0 radical (unpaired) electrons. The average molecular weight is 377 g/mol. The van der Waals surface area contributed by atoms with Crippen molar-refractivity contribution in [1.82, 2.24) is 5.32 Å². The minimum absolute atomic E-state index is 0.0754. The van der Waals surface area contributed by atoms with Gasteiger partial charge in [-0.2, -0.15) is 0 Å². The monoisotopic (exact) mass is 377 g/mol. The smallest absolute Gasteiger partial charge is 0.306 e. The third-order valence-electron chi connectivity index (χ3n) is 4.90. The van der Waals surface area contributed by atoms with Crippen molar-refractivity contribution < 1.29 is 24.2 Å². The maximum Gasteiger partial charge on any atom is 0.306 e. The Morgan fingerprint density at radius 3 is 2.33 bits per heavy atom. The summed E-state index contributed by atoms with van der Waals surface area (Å²) in [7, 11) is 0. The minimum atomic E-state index is -0.807. The number of carbonyl (C=O) groups is 2. The number of ether oxygens (including phenoxy) is 2. The van der Waals surface area contributed by atoms with Crippen LogP contribution >= 0.6 is 0 Å². The summed E-state index contributed by atoms with van der Waals surface area (Å²) in [6.07, 6.45) is 3.43. The van der Waals surface area contributed by atoms with Gasteiger partial charge < -0.3 is 19.9 Å². The molecule has 0 heterocycles. The lowest BCUT2D eigenvalue weighted by Gasteiger charge is -2.19. The topological polar surface area (TPSA) is 84.9 Å². The van der Waals surface area contributed by atoms with Crippen molar-refractivity contribution >= 4 is 11.9 Å². The predicted molar refractivity (Wildman–Crippen MR) is 103 cm³/mol. The Labute approximate surface area is 161 Å². The van der Waals surface area contributed by atoms with Gasteiger partial charge in [0.25, 0.3) is 0 Å². The molecule has 1 saturated carbocycles. The number of carboxylic acids is 1. The quantitative estimate of drug-likeness (QED) is 0.645. The van der Waals surface area contributed by atoms with E-state index < -0.39 is 11.9 Å². The van der Waals surface area contributed by atoms with Crippen LogP contribution in [0.2, 0.25) is 0 Å². The minimum Gasteiger partial charge on any atom is -0.490 e. The average Bonchev–Trinajstić information content (AvgIpc) is 3.15. The summed E-state index contributed by atoms with van der Waals surface area (Å²) in [4.78, 5) is 23.6. The first kappa shape index (κ1) is 21.1. The van der Waals surface area contributed by atoms with Crippen molar-refractivity contribution in [2.24, 2.45) is 11.8 Å². The van der Waals surface area contributed by atoms with Gasteiger partial charge in [0.1, 0.15) is 0 Å². The number of carboxylic acid groups (broad SMARTS) is 1. The molecule has 6 heteroatoms. The van der Waals surface area contributed by atoms with E-state index in [1.807, 2.05) is 32.0 Å². The molecule has 27 heavy (non-hydrogen) atoms. The zero-order valence-corrected chi connectivity index (χ0v) is 16.5. The summed E-state index contributed by atoms with van der Waals surface area (Å²) in [5, 5.41) is 12.1. The molecule has 3 atom stereocenters. The Morgan fingerprint density at radius 2 is 1.74 bits per heavy atom. The van der Waals surface area contributed by atoms with Gasteiger partial charge in [-0.3, -0.25) is 9.59 Å².